The van der Waals surface area contributed by atoms with Crippen LogP contribution in [0.1, 0.15) is 38.3 Å². The highest BCUT2D eigenvalue weighted by Crippen LogP contribution is 2.28. The van der Waals surface area contributed by atoms with Crippen LogP contribution in [0.25, 0.3) is 0 Å². The van der Waals surface area contributed by atoms with E-state index in [4.69, 9.17) is 4.74 Å². The Bertz CT molecular complexity index is 608. The third kappa shape index (κ3) is 4.39. The molecule has 0 aromatic carbocycles. The number of hydrogen-bond acceptors (Lipinski definition) is 6. The monoisotopic (exact) mass is 366 g/mol. The number of fused-ring (bicyclic) bond motifs is 1. The highest BCUT2D eigenvalue weighted by Gasteiger charge is 2.34. The maximum absolute atomic E-state index is 13.0. The third-order valence-corrected chi connectivity index (χ3v) is 5.89. The number of thiazole rings is 1. The summed E-state index contributed by atoms with van der Waals surface area (Å²) < 4.78 is 5.82. The van der Waals surface area contributed by atoms with Gasteiger partial charge in [-0.15, -0.1) is 11.3 Å². The number of morpholine rings is 1. The minimum atomic E-state index is -0.155. The van der Waals surface area contributed by atoms with Gasteiger partial charge in [0.25, 0.3) is 0 Å². The van der Waals surface area contributed by atoms with E-state index in [0.29, 0.717) is 0 Å². The van der Waals surface area contributed by atoms with Gasteiger partial charge in [0.2, 0.25) is 5.91 Å². The van der Waals surface area contributed by atoms with Gasteiger partial charge < -0.3 is 15.0 Å². The number of anilines is 1. The normalized spacial score (nSPS) is 26.5. The largest absolute Gasteiger partial charge is 0.373 e. The SMILES string of the molecule is CC1CN(C(C(=O)Nc2nc3c(s2)CN(C)CC3)C(C)C)CC(C)O1. The molecule has 0 aliphatic carbocycles. The number of likely N-dealkylation sites (N-methyl/N-ethyl adjacent to an activating group) is 1. The first-order valence-electron chi connectivity index (χ1n) is 9.21. The molecule has 1 N–H and O–H groups in total. The number of rotatable bonds is 4. The highest BCUT2D eigenvalue weighted by molar-refractivity contribution is 7.15. The van der Waals surface area contributed by atoms with Crippen molar-refractivity contribution in [3.63, 3.8) is 0 Å². The Morgan fingerprint density at radius 3 is 2.64 bits per heavy atom. The molecule has 3 heterocycles. The Balaban J connectivity index is 1.71. The zero-order chi connectivity index (χ0) is 18.1. The van der Waals surface area contributed by atoms with Crippen LogP contribution in [0.5, 0.6) is 0 Å². The van der Waals surface area contributed by atoms with E-state index in [9.17, 15) is 4.79 Å². The smallest absolute Gasteiger partial charge is 0.243 e. The average Bonchev–Trinajstić information content (AvgIpc) is 2.86. The summed E-state index contributed by atoms with van der Waals surface area (Å²) in [5.74, 6) is 0.286. The van der Waals surface area contributed by atoms with E-state index in [0.717, 1.165) is 43.4 Å². The van der Waals surface area contributed by atoms with Crippen molar-refractivity contribution in [2.45, 2.75) is 58.9 Å². The lowest BCUT2D eigenvalue weighted by Gasteiger charge is -2.40. The number of aromatic nitrogens is 1. The summed E-state index contributed by atoms with van der Waals surface area (Å²) in [7, 11) is 2.12. The van der Waals surface area contributed by atoms with Gasteiger partial charge in [-0.3, -0.25) is 9.69 Å². The van der Waals surface area contributed by atoms with Crippen molar-refractivity contribution in [1.82, 2.24) is 14.8 Å². The topological polar surface area (TPSA) is 57.7 Å². The molecule has 3 rings (SSSR count). The van der Waals surface area contributed by atoms with Crippen LogP contribution in [-0.4, -0.2) is 65.6 Å². The number of ether oxygens (including phenoxy) is 1. The van der Waals surface area contributed by atoms with E-state index in [2.05, 4.69) is 54.8 Å². The number of carbonyl (C=O) groups is 1. The number of nitrogens with zero attached hydrogens (tertiary/aromatic N) is 3. The minimum Gasteiger partial charge on any atom is -0.373 e. The zero-order valence-corrected chi connectivity index (χ0v) is 16.7. The molecule has 2 aliphatic heterocycles. The van der Waals surface area contributed by atoms with E-state index >= 15 is 0 Å². The quantitative estimate of drug-likeness (QED) is 0.885. The van der Waals surface area contributed by atoms with Gasteiger partial charge in [0.15, 0.2) is 5.13 Å². The average molecular weight is 367 g/mol. The van der Waals surface area contributed by atoms with Crippen molar-refractivity contribution in [1.29, 1.82) is 0 Å². The Morgan fingerprint density at radius 1 is 1.32 bits per heavy atom. The van der Waals surface area contributed by atoms with Gasteiger partial charge in [0.05, 0.1) is 23.9 Å². The van der Waals surface area contributed by atoms with Gasteiger partial charge in [-0.1, -0.05) is 13.8 Å². The first kappa shape index (κ1) is 18.8. The van der Waals surface area contributed by atoms with Crippen LogP contribution in [0.15, 0.2) is 0 Å². The molecule has 1 amide bonds. The molecule has 1 fully saturated rings. The van der Waals surface area contributed by atoms with Crippen LogP contribution in [0.2, 0.25) is 0 Å². The lowest BCUT2D eigenvalue weighted by atomic mass is 10.00. The summed E-state index contributed by atoms with van der Waals surface area (Å²) in [5.41, 5.74) is 1.15. The van der Waals surface area contributed by atoms with E-state index in [-0.39, 0.29) is 30.1 Å². The Morgan fingerprint density at radius 2 is 2.00 bits per heavy atom. The Kier molecular flexibility index (Phi) is 5.78. The van der Waals surface area contributed by atoms with Crippen molar-refractivity contribution in [3.8, 4) is 0 Å². The molecular weight excluding hydrogens is 336 g/mol. The summed E-state index contributed by atoms with van der Waals surface area (Å²) in [6.45, 7) is 11.9. The lowest BCUT2D eigenvalue weighted by molar-refractivity contribution is -0.130. The Hall–Kier alpha value is -1.02. The molecule has 0 bridgehead atoms. The van der Waals surface area contributed by atoms with Gasteiger partial charge in [0.1, 0.15) is 0 Å². The lowest BCUT2D eigenvalue weighted by Crippen LogP contribution is -2.55. The van der Waals surface area contributed by atoms with E-state index in [1.54, 1.807) is 11.3 Å². The first-order chi connectivity index (χ1) is 11.8. The second-order valence-electron chi connectivity index (χ2n) is 7.77. The fourth-order valence-electron chi connectivity index (χ4n) is 3.89. The molecule has 0 radical (unpaired) electrons. The van der Waals surface area contributed by atoms with Gasteiger partial charge in [-0.05, 0) is 26.8 Å². The summed E-state index contributed by atoms with van der Waals surface area (Å²) in [5, 5.41) is 3.83. The van der Waals surface area contributed by atoms with Gasteiger partial charge >= 0.3 is 0 Å². The van der Waals surface area contributed by atoms with Crippen LogP contribution in [-0.2, 0) is 22.5 Å². The predicted molar refractivity (Wildman–Crippen MR) is 101 cm³/mol. The summed E-state index contributed by atoms with van der Waals surface area (Å²) in [6.07, 6.45) is 1.27. The molecule has 1 aromatic heterocycles. The van der Waals surface area contributed by atoms with E-state index < -0.39 is 0 Å². The van der Waals surface area contributed by atoms with Gasteiger partial charge in [-0.25, -0.2) is 4.98 Å². The van der Waals surface area contributed by atoms with Crippen LogP contribution in [0.3, 0.4) is 0 Å². The summed E-state index contributed by atoms with van der Waals surface area (Å²) >= 11 is 1.62. The predicted octanol–water partition coefficient (Wildman–Crippen LogP) is 2.20. The zero-order valence-electron chi connectivity index (χ0n) is 15.9. The minimum absolute atomic E-state index is 0.0516. The van der Waals surface area contributed by atoms with Crippen molar-refractivity contribution in [2.24, 2.45) is 5.92 Å². The molecule has 25 heavy (non-hydrogen) atoms. The van der Waals surface area contributed by atoms with Crippen molar-refractivity contribution in [3.05, 3.63) is 10.6 Å². The fourth-order valence-corrected chi connectivity index (χ4v) is 4.98. The molecule has 140 valence electrons. The molecule has 0 spiro atoms. The maximum Gasteiger partial charge on any atom is 0.243 e. The van der Waals surface area contributed by atoms with Crippen molar-refractivity contribution >= 4 is 22.4 Å². The molecule has 2 aliphatic rings. The van der Waals surface area contributed by atoms with Crippen LogP contribution < -0.4 is 5.32 Å². The molecule has 0 saturated carbocycles. The van der Waals surface area contributed by atoms with E-state index in [1.807, 2.05) is 0 Å². The van der Waals surface area contributed by atoms with Crippen molar-refractivity contribution < 1.29 is 9.53 Å². The van der Waals surface area contributed by atoms with Gasteiger partial charge in [-0.2, -0.15) is 0 Å². The van der Waals surface area contributed by atoms with Crippen LogP contribution in [0.4, 0.5) is 5.13 Å². The third-order valence-electron chi connectivity index (χ3n) is 4.89. The standard InChI is InChI=1S/C18H30N4O2S/c1-11(2)16(22-8-12(3)24-13(4)9-22)17(23)20-18-19-14-6-7-21(5)10-15(14)25-18/h11-13,16H,6-10H2,1-5H3,(H,19,20,23). The highest BCUT2D eigenvalue weighted by atomic mass is 32.1. The number of hydrogen-bond donors (Lipinski definition) is 1. The second kappa shape index (κ2) is 7.70. The Labute approximate surface area is 154 Å². The molecule has 3 unspecified atom stereocenters. The molecule has 7 heteroatoms. The molecular formula is C18H30N4O2S. The second-order valence-corrected chi connectivity index (χ2v) is 8.85. The maximum atomic E-state index is 13.0. The fraction of sp³-hybridized carbons (Fsp3) is 0.778. The molecule has 3 atom stereocenters. The summed E-state index contributed by atoms with van der Waals surface area (Å²) in [6, 6.07) is -0.155. The summed E-state index contributed by atoms with van der Waals surface area (Å²) in [4.78, 5) is 23.5. The molecule has 1 saturated heterocycles. The number of nitrogens with one attached hydrogen (secondary N) is 1. The molecule has 6 nitrogen and oxygen atoms in total. The van der Waals surface area contributed by atoms with Crippen LogP contribution >= 0.6 is 11.3 Å². The number of carbonyl (C=O) groups excluding carboxylic acids is 1. The van der Waals surface area contributed by atoms with Crippen LogP contribution in [0, 0.1) is 5.92 Å². The first-order valence-corrected chi connectivity index (χ1v) is 10.0. The van der Waals surface area contributed by atoms with Gasteiger partial charge in [0, 0.05) is 37.5 Å². The van der Waals surface area contributed by atoms with E-state index in [1.165, 1.54) is 4.88 Å². The number of amides is 1. The molecule has 1 aromatic rings. The van der Waals surface area contributed by atoms with Crippen molar-refractivity contribution in [2.75, 3.05) is 32.0 Å².